The SMILES string of the molecule is CCN(CC)CCNC(=O)c1ccc(NC(=O)Nc2ccc(Oc3ccccc3)cc2)cc1OC. The molecule has 0 saturated carbocycles. The fraction of sp³-hybridized carbons (Fsp3) is 0.259. The Kier molecular flexibility index (Phi) is 9.50. The first-order chi connectivity index (χ1) is 17.0. The summed E-state index contributed by atoms with van der Waals surface area (Å²) >= 11 is 0. The molecule has 184 valence electrons. The van der Waals surface area contributed by atoms with Crippen molar-refractivity contribution in [3.05, 3.63) is 78.4 Å². The standard InChI is InChI=1S/C27H32N4O4/c1-4-31(5-2)18-17-28-26(32)24-16-13-21(19-25(24)34-3)30-27(33)29-20-11-14-23(15-12-20)35-22-9-7-6-8-10-22/h6-16,19H,4-5,17-18H2,1-3H3,(H,28,32)(H2,29,30,33). The highest BCUT2D eigenvalue weighted by molar-refractivity contribution is 6.01. The van der Waals surface area contributed by atoms with Crippen molar-refractivity contribution in [2.75, 3.05) is 43.9 Å². The minimum Gasteiger partial charge on any atom is -0.496 e. The van der Waals surface area contributed by atoms with Crippen LogP contribution in [-0.4, -0.2) is 50.1 Å². The maximum atomic E-state index is 12.6. The van der Waals surface area contributed by atoms with Crippen LogP contribution in [0, 0.1) is 0 Å². The summed E-state index contributed by atoms with van der Waals surface area (Å²) in [5.74, 6) is 1.56. The number of nitrogens with zero attached hydrogens (tertiary/aromatic N) is 1. The number of nitrogens with one attached hydrogen (secondary N) is 3. The van der Waals surface area contributed by atoms with Gasteiger partial charge >= 0.3 is 6.03 Å². The second kappa shape index (κ2) is 13.0. The molecule has 0 atom stereocenters. The van der Waals surface area contributed by atoms with Gasteiger partial charge in [-0.1, -0.05) is 32.0 Å². The van der Waals surface area contributed by atoms with Gasteiger partial charge in [0.2, 0.25) is 0 Å². The molecule has 0 unspecified atom stereocenters. The molecule has 0 aliphatic rings. The highest BCUT2D eigenvalue weighted by Crippen LogP contribution is 2.25. The van der Waals surface area contributed by atoms with Crippen molar-refractivity contribution in [2.24, 2.45) is 0 Å². The number of carbonyl (C=O) groups is 2. The zero-order valence-corrected chi connectivity index (χ0v) is 20.3. The van der Waals surface area contributed by atoms with Crippen LogP contribution in [0.15, 0.2) is 72.8 Å². The fourth-order valence-corrected chi connectivity index (χ4v) is 3.44. The largest absolute Gasteiger partial charge is 0.496 e. The first kappa shape index (κ1) is 25.6. The summed E-state index contributed by atoms with van der Waals surface area (Å²) in [5, 5.41) is 8.45. The van der Waals surface area contributed by atoms with Crippen LogP contribution in [-0.2, 0) is 0 Å². The number of ether oxygens (including phenoxy) is 2. The normalized spacial score (nSPS) is 10.5. The zero-order valence-electron chi connectivity index (χ0n) is 20.3. The summed E-state index contributed by atoms with van der Waals surface area (Å²) in [5.41, 5.74) is 1.52. The molecule has 0 spiro atoms. The van der Waals surface area contributed by atoms with E-state index in [2.05, 4.69) is 34.7 Å². The van der Waals surface area contributed by atoms with Crippen LogP contribution in [0.4, 0.5) is 16.2 Å². The lowest BCUT2D eigenvalue weighted by Gasteiger charge is -2.18. The smallest absolute Gasteiger partial charge is 0.323 e. The predicted molar refractivity (Wildman–Crippen MR) is 139 cm³/mol. The first-order valence-electron chi connectivity index (χ1n) is 11.6. The highest BCUT2D eigenvalue weighted by Gasteiger charge is 2.14. The molecule has 3 aromatic carbocycles. The number of rotatable bonds is 11. The molecule has 3 rings (SSSR count). The topological polar surface area (TPSA) is 91.9 Å². The molecule has 3 N–H and O–H groups in total. The lowest BCUT2D eigenvalue weighted by atomic mass is 10.1. The van der Waals surface area contributed by atoms with Gasteiger partial charge in [0, 0.05) is 30.5 Å². The molecule has 3 aromatic rings. The van der Waals surface area contributed by atoms with Crippen molar-refractivity contribution < 1.29 is 19.1 Å². The van der Waals surface area contributed by atoms with Gasteiger partial charge in [-0.2, -0.15) is 0 Å². The van der Waals surface area contributed by atoms with E-state index in [9.17, 15) is 9.59 Å². The summed E-state index contributed by atoms with van der Waals surface area (Å²) in [6, 6.07) is 21.0. The summed E-state index contributed by atoms with van der Waals surface area (Å²) in [6.45, 7) is 7.37. The Bertz CT molecular complexity index is 1100. The van der Waals surface area contributed by atoms with Crippen LogP contribution < -0.4 is 25.4 Å². The third-order valence-electron chi connectivity index (χ3n) is 5.40. The molecule has 0 aromatic heterocycles. The molecule has 8 heteroatoms. The third kappa shape index (κ3) is 7.75. The molecule has 8 nitrogen and oxygen atoms in total. The number of hydrogen-bond donors (Lipinski definition) is 3. The number of likely N-dealkylation sites (N-methyl/N-ethyl adjacent to an activating group) is 1. The number of carbonyl (C=O) groups excluding carboxylic acids is 2. The second-order valence-electron chi connectivity index (χ2n) is 7.72. The average Bonchev–Trinajstić information content (AvgIpc) is 2.88. The Balaban J connectivity index is 1.54. The number of amides is 3. The maximum absolute atomic E-state index is 12.6. The number of urea groups is 1. The quantitative estimate of drug-likeness (QED) is 0.354. The lowest BCUT2D eigenvalue weighted by Crippen LogP contribution is -2.34. The van der Waals surface area contributed by atoms with Gasteiger partial charge in [-0.25, -0.2) is 4.79 Å². The first-order valence-corrected chi connectivity index (χ1v) is 11.6. The molecule has 0 bridgehead atoms. The van der Waals surface area contributed by atoms with Crippen LogP contribution in [0.1, 0.15) is 24.2 Å². The number of methoxy groups -OCH3 is 1. The molecule has 0 radical (unpaired) electrons. The van der Waals surface area contributed by atoms with E-state index >= 15 is 0 Å². The maximum Gasteiger partial charge on any atom is 0.323 e. The monoisotopic (exact) mass is 476 g/mol. The summed E-state index contributed by atoms with van der Waals surface area (Å²) in [4.78, 5) is 27.3. The molecule has 0 heterocycles. The molecule has 0 saturated heterocycles. The Morgan fingerprint density at radius 1 is 0.829 bits per heavy atom. The van der Waals surface area contributed by atoms with Crippen molar-refractivity contribution in [1.29, 1.82) is 0 Å². The van der Waals surface area contributed by atoms with Gasteiger partial charge in [0.1, 0.15) is 17.2 Å². The van der Waals surface area contributed by atoms with Gasteiger partial charge in [-0.15, -0.1) is 0 Å². The number of benzene rings is 3. The van der Waals surface area contributed by atoms with Crippen LogP contribution in [0.3, 0.4) is 0 Å². The summed E-state index contributed by atoms with van der Waals surface area (Å²) in [6.07, 6.45) is 0. The number of anilines is 2. The van der Waals surface area contributed by atoms with Crippen LogP contribution in [0.2, 0.25) is 0 Å². The van der Waals surface area contributed by atoms with Crippen molar-refractivity contribution in [3.63, 3.8) is 0 Å². The van der Waals surface area contributed by atoms with E-state index in [4.69, 9.17) is 9.47 Å². The summed E-state index contributed by atoms with van der Waals surface area (Å²) < 4.78 is 11.1. The molecular weight excluding hydrogens is 444 g/mol. The van der Waals surface area contributed by atoms with E-state index < -0.39 is 6.03 Å². The Labute approximate surface area is 206 Å². The number of hydrogen-bond acceptors (Lipinski definition) is 5. The Hall–Kier alpha value is -4.04. The van der Waals surface area contributed by atoms with Gasteiger partial charge in [-0.05, 0) is 61.6 Å². The second-order valence-corrected chi connectivity index (χ2v) is 7.72. The minimum absolute atomic E-state index is 0.220. The summed E-state index contributed by atoms with van der Waals surface area (Å²) in [7, 11) is 1.49. The van der Waals surface area contributed by atoms with E-state index in [0.717, 1.165) is 25.4 Å². The van der Waals surface area contributed by atoms with E-state index in [1.54, 1.807) is 42.5 Å². The lowest BCUT2D eigenvalue weighted by molar-refractivity contribution is 0.0946. The van der Waals surface area contributed by atoms with Crippen LogP contribution in [0.5, 0.6) is 17.2 Å². The average molecular weight is 477 g/mol. The van der Waals surface area contributed by atoms with E-state index in [1.165, 1.54) is 7.11 Å². The van der Waals surface area contributed by atoms with Gasteiger partial charge in [-0.3, -0.25) is 4.79 Å². The van der Waals surface area contributed by atoms with Gasteiger partial charge in [0.05, 0.1) is 12.7 Å². The highest BCUT2D eigenvalue weighted by atomic mass is 16.5. The molecule has 0 aliphatic carbocycles. The van der Waals surface area contributed by atoms with Crippen molar-refractivity contribution in [2.45, 2.75) is 13.8 Å². The Morgan fingerprint density at radius 3 is 2.11 bits per heavy atom. The fourth-order valence-electron chi connectivity index (χ4n) is 3.44. The van der Waals surface area contributed by atoms with Gasteiger partial charge in [0.15, 0.2) is 0 Å². The molecule has 35 heavy (non-hydrogen) atoms. The van der Waals surface area contributed by atoms with Crippen molar-refractivity contribution >= 4 is 23.3 Å². The minimum atomic E-state index is -0.416. The van der Waals surface area contributed by atoms with Crippen molar-refractivity contribution in [3.8, 4) is 17.2 Å². The van der Waals surface area contributed by atoms with Crippen molar-refractivity contribution in [1.82, 2.24) is 10.2 Å². The van der Waals surface area contributed by atoms with E-state index in [0.29, 0.717) is 35.0 Å². The molecule has 0 fully saturated rings. The van der Waals surface area contributed by atoms with Gasteiger partial charge < -0.3 is 30.3 Å². The van der Waals surface area contributed by atoms with Crippen LogP contribution in [0.25, 0.3) is 0 Å². The number of para-hydroxylation sites is 1. The zero-order chi connectivity index (χ0) is 25.0. The third-order valence-corrected chi connectivity index (χ3v) is 5.40. The predicted octanol–water partition coefficient (Wildman–Crippen LogP) is 5.20. The van der Waals surface area contributed by atoms with E-state index in [-0.39, 0.29) is 5.91 Å². The van der Waals surface area contributed by atoms with Gasteiger partial charge in [0.25, 0.3) is 5.91 Å². The molecule has 3 amide bonds. The Morgan fingerprint density at radius 2 is 1.46 bits per heavy atom. The van der Waals surface area contributed by atoms with Crippen LogP contribution >= 0.6 is 0 Å². The molecular formula is C27H32N4O4. The molecule has 0 aliphatic heterocycles. The van der Waals surface area contributed by atoms with E-state index in [1.807, 2.05) is 30.3 Å².